The molecule has 0 saturated carbocycles. The maximum absolute atomic E-state index is 11.2. The van der Waals surface area contributed by atoms with Gasteiger partial charge in [-0.2, -0.15) is 0 Å². The summed E-state index contributed by atoms with van der Waals surface area (Å²) in [7, 11) is 0. The van der Waals surface area contributed by atoms with E-state index in [9.17, 15) is 9.90 Å². The minimum absolute atomic E-state index is 0.0915. The number of nitrogens with one attached hydrogen (secondary N) is 1. The Morgan fingerprint density at radius 3 is 2.40 bits per heavy atom. The molecule has 0 fully saturated rings. The van der Waals surface area contributed by atoms with E-state index in [1.165, 1.54) is 6.20 Å². The van der Waals surface area contributed by atoms with Crippen LogP contribution in [-0.4, -0.2) is 22.1 Å². The van der Waals surface area contributed by atoms with Gasteiger partial charge in [0.15, 0.2) is 0 Å². The summed E-state index contributed by atoms with van der Waals surface area (Å²) in [5.74, 6) is -0.225. The van der Waals surface area contributed by atoms with Crippen molar-refractivity contribution in [3.05, 3.63) is 36.0 Å². The van der Waals surface area contributed by atoms with Gasteiger partial charge in [-0.15, -0.1) is 0 Å². The number of hydrogen-bond donors (Lipinski definition) is 2. The minimum Gasteiger partial charge on any atom is -0.478 e. The van der Waals surface area contributed by atoms with Crippen molar-refractivity contribution in [1.29, 1.82) is 0 Å². The molecule has 0 saturated heterocycles. The molecule has 0 spiro atoms. The molecule has 0 bridgehead atoms. The van der Waals surface area contributed by atoms with Gasteiger partial charge in [-0.1, -0.05) is 45.0 Å². The molecule has 4 heteroatoms. The van der Waals surface area contributed by atoms with Crippen molar-refractivity contribution in [2.75, 3.05) is 5.32 Å². The van der Waals surface area contributed by atoms with Crippen molar-refractivity contribution in [1.82, 2.24) is 4.98 Å². The highest BCUT2D eigenvalue weighted by Crippen LogP contribution is 2.28. The van der Waals surface area contributed by atoms with Gasteiger partial charge in [-0.05, 0) is 12.3 Å². The second-order valence-electron chi connectivity index (χ2n) is 6.10. The predicted octanol–water partition coefficient (Wildman–Crippen LogP) is 3.78. The SMILES string of the molecule is CC(Nc1ncc(C(=O)O)c2ccccc12)C(C)(C)C. The minimum atomic E-state index is -0.955. The zero-order valence-electron chi connectivity index (χ0n) is 12.3. The van der Waals surface area contributed by atoms with Crippen LogP contribution in [0.5, 0.6) is 0 Å². The number of aromatic carboxylic acids is 1. The summed E-state index contributed by atoms with van der Waals surface area (Å²) < 4.78 is 0. The first-order chi connectivity index (χ1) is 9.30. The molecular weight excluding hydrogens is 252 g/mol. The Morgan fingerprint density at radius 2 is 1.85 bits per heavy atom. The summed E-state index contributed by atoms with van der Waals surface area (Å²) in [5.41, 5.74) is 0.323. The number of benzene rings is 1. The molecule has 1 atom stereocenters. The molecule has 1 aromatic heterocycles. The molecule has 0 amide bonds. The number of aromatic nitrogens is 1. The molecule has 0 aliphatic carbocycles. The van der Waals surface area contributed by atoms with E-state index >= 15 is 0 Å². The lowest BCUT2D eigenvalue weighted by Gasteiger charge is -2.29. The quantitative estimate of drug-likeness (QED) is 0.892. The summed E-state index contributed by atoms with van der Waals surface area (Å²) in [6, 6.07) is 7.66. The van der Waals surface area contributed by atoms with Gasteiger partial charge in [0.1, 0.15) is 5.82 Å². The van der Waals surface area contributed by atoms with Crippen LogP contribution in [0.15, 0.2) is 30.5 Å². The van der Waals surface area contributed by atoms with E-state index in [2.05, 4.69) is 38.0 Å². The summed E-state index contributed by atoms with van der Waals surface area (Å²) in [4.78, 5) is 15.5. The number of rotatable bonds is 3. The van der Waals surface area contributed by atoms with Crippen molar-refractivity contribution in [2.45, 2.75) is 33.7 Å². The number of carbonyl (C=O) groups is 1. The van der Waals surface area contributed by atoms with Gasteiger partial charge in [0.2, 0.25) is 0 Å². The molecule has 1 unspecified atom stereocenters. The van der Waals surface area contributed by atoms with Crippen molar-refractivity contribution in [3.63, 3.8) is 0 Å². The maximum Gasteiger partial charge on any atom is 0.337 e. The van der Waals surface area contributed by atoms with Crippen molar-refractivity contribution >= 4 is 22.6 Å². The lowest BCUT2D eigenvalue weighted by molar-refractivity contribution is 0.0698. The normalized spacial score (nSPS) is 13.2. The first kappa shape index (κ1) is 14.3. The molecule has 0 radical (unpaired) electrons. The Morgan fingerprint density at radius 1 is 1.25 bits per heavy atom. The highest BCUT2D eigenvalue weighted by atomic mass is 16.4. The van der Waals surface area contributed by atoms with Gasteiger partial charge in [-0.3, -0.25) is 0 Å². The summed E-state index contributed by atoms with van der Waals surface area (Å²) in [6.45, 7) is 8.55. The molecule has 2 N–H and O–H groups in total. The van der Waals surface area contributed by atoms with Crippen LogP contribution in [-0.2, 0) is 0 Å². The van der Waals surface area contributed by atoms with Gasteiger partial charge in [0, 0.05) is 23.0 Å². The smallest absolute Gasteiger partial charge is 0.337 e. The van der Waals surface area contributed by atoms with Crippen LogP contribution in [0.25, 0.3) is 10.8 Å². The second-order valence-corrected chi connectivity index (χ2v) is 6.10. The van der Waals surface area contributed by atoms with E-state index < -0.39 is 5.97 Å². The number of nitrogens with zero attached hydrogens (tertiary/aromatic N) is 1. The molecule has 4 nitrogen and oxygen atoms in total. The van der Waals surface area contributed by atoms with Crippen LogP contribution in [0.1, 0.15) is 38.1 Å². The van der Waals surface area contributed by atoms with Crippen LogP contribution >= 0.6 is 0 Å². The van der Waals surface area contributed by atoms with Gasteiger partial charge in [0.05, 0.1) is 5.56 Å². The fourth-order valence-corrected chi connectivity index (χ4v) is 1.90. The predicted molar refractivity (Wildman–Crippen MR) is 81.2 cm³/mol. The zero-order chi connectivity index (χ0) is 14.9. The van der Waals surface area contributed by atoms with E-state index in [0.717, 1.165) is 11.2 Å². The fourth-order valence-electron chi connectivity index (χ4n) is 1.90. The van der Waals surface area contributed by atoms with Crippen LogP contribution in [0, 0.1) is 5.41 Å². The van der Waals surface area contributed by atoms with Gasteiger partial charge in [0.25, 0.3) is 0 Å². The second kappa shape index (κ2) is 5.12. The number of hydrogen-bond acceptors (Lipinski definition) is 3. The van der Waals surface area contributed by atoms with Gasteiger partial charge in [-0.25, -0.2) is 9.78 Å². The van der Waals surface area contributed by atoms with E-state index in [-0.39, 0.29) is 17.0 Å². The Balaban J connectivity index is 2.51. The Labute approximate surface area is 118 Å². The van der Waals surface area contributed by atoms with Crippen LogP contribution < -0.4 is 5.32 Å². The van der Waals surface area contributed by atoms with E-state index in [4.69, 9.17) is 0 Å². The van der Waals surface area contributed by atoms with Crippen molar-refractivity contribution in [2.24, 2.45) is 5.41 Å². The molecule has 20 heavy (non-hydrogen) atoms. The first-order valence-electron chi connectivity index (χ1n) is 6.68. The average molecular weight is 272 g/mol. The largest absolute Gasteiger partial charge is 0.478 e. The molecule has 1 heterocycles. The van der Waals surface area contributed by atoms with Crippen molar-refractivity contribution in [3.8, 4) is 0 Å². The van der Waals surface area contributed by atoms with Crippen LogP contribution in [0.4, 0.5) is 5.82 Å². The third kappa shape index (κ3) is 2.74. The Hall–Kier alpha value is -2.10. The van der Waals surface area contributed by atoms with E-state index in [1.807, 2.05) is 24.3 Å². The third-order valence-electron chi connectivity index (χ3n) is 3.68. The first-order valence-corrected chi connectivity index (χ1v) is 6.68. The van der Waals surface area contributed by atoms with Gasteiger partial charge < -0.3 is 10.4 Å². The Kier molecular flexibility index (Phi) is 3.66. The highest BCUT2D eigenvalue weighted by Gasteiger charge is 2.21. The molecule has 0 aliphatic rings. The zero-order valence-corrected chi connectivity index (χ0v) is 12.3. The van der Waals surface area contributed by atoms with E-state index in [1.54, 1.807) is 0 Å². The number of fused-ring (bicyclic) bond motifs is 1. The summed E-state index contributed by atoms with van der Waals surface area (Å²) in [6.07, 6.45) is 1.42. The van der Waals surface area contributed by atoms with Gasteiger partial charge >= 0.3 is 5.97 Å². The molecule has 0 aliphatic heterocycles. The van der Waals surface area contributed by atoms with Crippen molar-refractivity contribution < 1.29 is 9.90 Å². The lowest BCUT2D eigenvalue weighted by Crippen LogP contribution is -2.31. The van der Waals surface area contributed by atoms with Crippen LogP contribution in [0.2, 0.25) is 0 Å². The fraction of sp³-hybridized carbons (Fsp3) is 0.375. The average Bonchev–Trinajstić information content (AvgIpc) is 2.37. The summed E-state index contributed by atoms with van der Waals surface area (Å²) in [5, 5.41) is 14.2. The molecular formula is C16H20N2O2. The summed E-state index contributed by atoms with van der Waals surface area (Å²) >= 11 is 0. The molecule has 106 valence electrons. The van der Waals surface area contributed by atoms with E-state index in [0.29, 0.717) is 5.39 Å². The topological polar surface area (TPSA) is 62.2 Å². The number of pyridine rings is 1. The Bertz CT molecular complexity index is 644. The lowest BCUT2D eigenvalue weighted by atomic mass is 9.88. The number of anilines is 1. The standard InChI is InChI=1S/C16H20N2O2/c1-10(16(2,3)4)18-14-12-8-6-5-7-11(12)13(9-17-14)15(19)20/h5-10H,1-4H3,(H,17,18)(H,19,20). The van der Waals surface area contributed by atoms with Crippen LogP contribution in [0.3, 0.4) is 0 Å². The number of carboxylic acid groups (broad SMARTS) is 1. The molecule has 2 aromatic rings. The third-order valence-corrected chi connectivity index (χ3v) is 3.68. The monoisotopic (exact) mass is 272 g/mol. The highest BCUT2D eigenvalue weighted by molar-refractivity contribution is 6.06. The molecule has 2 rings (SSSR count). The number of carboxylic acids is 1. The molecule has 1 aromatic carbocycles. The maximum atomic E-state index is 11.2.